The Labute approximate surface area is 191 Å². The Hall–Kier alpha value is -3.27. The van der Waals surface area contributed by atoms with E-state index in [0.717, 1.165) is 27.6 Å². The van der Waals surface area contributed by atoms with Crippen molar-refractivity contribution in [3.8, 4) is 17.0 Å². The average Bonchev–Trinajstić information content (AvgIpc) is 3.32. The first-order valence-electron chi connectivity index (χ1n) is 9.83. The van der Waals surface area contributed by atoms with Gasteiger partial charge in [-0.1, -0.05) is 30.3 Å². The lowest BCUT2D eigenvalue weighted by molar-refractivity contribution is 0.416. The van der Waals surface area contributed by atoms with Crippen molar-refractivity contribution in [2.75, 3.05) is 12.4 Å². The zero-order valence-corrected chi connectivity index (χ0v) is 19.0. The number of sulfonamides is 1. The Kier molecular flexibility index (Phi) is 6.79. The van der Waals surface area contributed by atoms with E-state index < -0.39 is 10.0 Å². The molecule has 0 radical (unpaired) electrons. The van der Waals surface area contributed by atoms with Gasteiger partial charge in [0.2, 0.25) is 10.0 Å². The van der Waals surface area contributed by atoms with Crippen LogP contribution in [0, 0.1) is 0 Å². The quantitative estimate of drug-likeness (QED) is 0.375. The lowest BCUT2D eigenvalue weighted by atomic mass is 10.1. The molecule has 0 fully saturated rings. The molecule has 0 saturated carbocycles. The van der Waals surface area contributed by atoms with Crippen molar-refractivity contribution < 1.29 is 13.2 Å². The van der Waals surface area contributed by atoms with Crippen molar-refractivity contribution in [3.63, 3.8) is 0 Å². The van der Waals surface area contributed by atoms with Gasteiger partial charge in [-0.15, -0.1) is 11.3 Å². The number of rotatable bonds is 9. The fourth-order valence-corrected chi connectivity index (χ4v) is 5.01. The van der Waals surface area contributed by atoms with E-state index in [1.54, 1.807) is 19.2 Å². The van der Waals surface area contributed by atoms with E-state index in [9.17, 15) is 8.42 Å². The lowest BCUT2D eigenvalue weighted by Gasteiger charge is -2.11. The van der Waals surface area contributed by atoms with Gasteiger partial charge in [0.15, 0.2) is 0 Å². The van der Waals surface area contributed by atoms with E-state index in [2.05, 4.69) is 20.0 Å². The maximum absolute atomic E-state index is 12.5. The first-order valence-corrected chi connectivity index (χ1v) is 12.4. The number of para-hydroxylation sites is 1. The number of nitrogens with zero attached hydrogens (tertiary/aromatic N) is 2. The summed E-state index contributed by atoms with van der Waals surface area (Å²) < 4.78 is 33.0. The SMILES string of the molecule is COc1ccccc1-c1cc(Nc2cccc(CS(=O)(=O)NCc3cccs3)c2)ncn1. The molecule has 4 rings (SSSR count). The molecular weight excluding hydrogens is 444 g/mol. The molecule has 0 aliphatic rings. The van der Waals surface area contributed by atoms with Crippen LogP contribution >= 0.6 is 11.3 Å². The van der Waals surface area contributed by atoms with Gasteiger partial charge in [-0.25, -0.2) is 23.1 Å². The second-order valence-electron chi connectivity index (χ2n) is 6.97. The van der Waals surface area contributed by atoms with E-state index in [4.69, 9.17) is 4.74 Å². The molecule has 9 heteroatoms. The van der Waals surface area contributed by atoms with E-state index in [-0.39, 0.29) is 5.75 Å². The van der Waals surface area contributed by atoms with Gasteiger partial charge in [-0.05, 0) is 41.3 Å². The highest BCUT2D eigenvalue weighted by Gasteiger charge is 2.13. The number of methoxy groups -OCH3 is 1. The van der Waals surface area contributed by atoms with Crippen LogP contribution in [0.3, 0.4) is 0 Å². The van der Waals surface area contributed by atoms with Gasteiger partial charge in [0, 0.05) is 28.7 Å². The number of ether oxygens (including phenoxy) is 1. The van der Waals surface area contributed by atoms with E-state index in [1.807, 2.05) is 60.0 Å². The van der Waals surface area contributed by atoms with E-state index in [1.165, 1.54) is 17.7 Å². The topological polar surface area (TPSA) is 93.2 Å². The largest absolute Gasteiger partial charge is 0.496 e. The number of nitrogens with one attached hydrogen (secondary N) is 2. The zero-order valence-electron chi connectivity index (χ0n) is 17.4. The van der Waals surface area contributed by atoms with E-state index >= 15 is 0 Å². The van der Waals surface area contributed by atoms with Crippen LogP contribution in [0.1, 0.15) is 10.4 Å². The van der Waals surface area contributed by atoms with Crippen molar-refractivity contribution in [1.29, 1.82) is 0 Å². The van der Waals surface area contributed by atoms with Gasteiger partial charge < -0.3 is 10.1 Å². The smallest absolute Gasteiger partial charge is 0.216 e. The Morgan fingerprint density at radius 2 is 1.88 bits per heavy atom. The third-order valence-electron chi connectivity index (χ3n) is 4.65. The first-order chi connectivity index (χ1) is 15.5. The fraction of sp³-hybridized carbons (Fsp3) is 0.130. The number of thiophene rings is 1. The monoisotopic (exact) mass is 466 g/mol. The molecule has 0 aliphatic heterocycles. The lowest BCUT2D eigenvalue weighted by Crippen LogP contribution is -2.24. The van der Waals surface area contributed by atoms with Crippen molar-refractivity contribution in [2.24, 2.45) is 0 Å². The number of hydrogen-bond acceptors (Lipinski definition) is 7. The van der Waals surface area contributed by atoms with Crippen molar-refractivity contribution in [2.45, 2.75) is 12.3 Å². The fourth-order valence-electron chi connectivity index (χ4n) is 3.18. The molecule has 2 aromatic carbocycles. The Balaban J connectivity index is 1.47. The van der Waals surface area contributed by atoms with Crippen LogP contribution in [-0.4, -0.2) is 25.5 Å². The maximum atomic E-state index is 12.5. The summed E-state index contributed by atoms with van der Waals surface area (Å²) in [6.45, 7) is 0.296. The highest BCUT2D eigenvalue weighted by molar-refractivity contribution is 7.88. The summed E-state index contributed by atoms with van der Waals surface area (Å²) in [6, 6.07) is 20.5. The van der Waals surface area contributed by atoms with Crippen LogP contribution in [0.4, 0.5) is 11.5 Å². The highest BCUT2D eigenvalue weighted by Crippen LogP contribution is 2.29. The van der Waals surface area contributed by atoms with Crippen LogP contribution in [0.2, 0.25) is 0 Å². The van der Waals surface area contributed by atoms with Crippen LogP contribution in [0.25, 0.3) is 11.3 Å². The molecule has 32 heavy (non-hydrogen) atoms. The highest BCUT2D eigenvalue weighted by atomic mass is 32.2. The van der Waals surface area contributed by atoms with Crippen LogP contribution in [0.5, 0.6) is 5.75 Å². The molecule has 0 bridgehead atoms. The Morgan fingerprint density at radius 3 is 2.69 bits per heavy atom. The normalized spacial score (nSPS) is 11.3. The van der Waals surface area contributed by atoms with Gasteiger partial charge >= 0.3 is 0 Å². The minimum atomic E-state index is -3.46. The molecule has 0 atom stereocenters. The second-order valence-corrected chi connectivity index (χ2v) is 9.81. The molecular formula is C23H22N4O3S2. The summed E-state index contributed by atoms with van der Waals surface area (Å²) in [6.07, 6.45) is 1.48. The molecule has 2 aromatic heterocycles. The summed E-state index contributed by atoms with van der Waals surface area (Å²) in [5.74, 6) is 1.21. The van der Waals surface area contributed by atoms with Crippen LogP contribution in [-0.2, 0) is 22.3 Å². The predicted octanol–water partition coefficient (Wildman–Crippen LogP) is 4.58. The number of anilines is 2. The summed E-state index contributed by atoms with van der Waals surface area (Å²) in [5.41, 5.74) is 2.99. The van der Waals surface area contributed by atoms with Gasteiger partial charge in [-0.3, -0.25) is 0 Å². The third kappa shape index (κ3) is 5.70. The maximum Gasteiger partial charge on any atom is 0.216 e. The molecule has 4 aromatic rings. The van der Waals surface area contributed by atoms with Gasteiger partial charge in [0.05, 0.1) is 18.6 Å². The minimum absolute atomic E-state index is 0.107. The van der Waals surface area contributed by atoms with E-state index in [0.29, 0.717) is 17.9 Å². The second kappa shape index (κ2) is 9.90. The molecule has 0 spiro atoms. The molecule has 2 heterocycles. The van der Waals surface area contributed by atoms with Gasteiger partial charge in [-0.2, -0.15) is 0 Å². The van der Waals surface area contributed by atoms with Gasteiger partial charge in [0.1, 0.15) is 17.9 Å². The van der Waals surface area contributed by atoms with Crippen molar-refractivity contribution in [1.82, 2.24) is 14.7 Å². The number of hydrogen-bond donors (Lipinski definition) is 2. The zero-order chi connectivity index (χ0) is 22.4. The van der Waals surface area contributed by atoms with Gasteiger partial charge in [0.25, 0.3) is 0 Å². The summed E-state index contributed by atoms with van der Waals surface area (Å²) in [7, 11) is -1.84. The predicted molar refractivity (Wildman–Crippen MR) is 128 cm³/mol. The average molecular weight is 467 g/mol. The molecule has 0 amide bonds. The molecule has 164 valence electrons. The minimum Gasteiger partial charge on any atom is -0.496 e. The van der Waals surface area contributed by atoms with Crippen molar-refractivity contribution >= 4 is 32.9 Å². The third-order valence-corrected chi connectivity index (χ3v) is 6.83. The number of benzene rings is 2. The molecule has 0 unspecified atom stereocenters. The Bertz CT molecular complexity index is 1290. The summed E-state index contributed by atoms with van der Waals surface area (Å²) in [5, 5.41) is 5.15. The molecule has 2 N–H and O–H groups in total. The molecule has 0 saturated heterocycles. The summed E-state index contributed by atoms with van der Waals surface area (Å²) in [4.78, 5) is 9.61. The van der Waals surface area contributed by atoms with Crippen LogP contribution in [0.15, 0.2) is 78.4 Å². The summed E-state index contributed by atoms with van der Waals surface area (Å²) >= 11 is 1.52. The first kappa shape index (κ1) is 21.9. The van der Waals surface area contributed by atoms with Crippen molar-refractivity contribution in [3.05, 3.63) is 88.9 Å². The standard InChI is InChI=1S/C23H22N4O3S2/c1-30-22-10-3-2-9-20(22)21-13-23(25-16-24-21)27-18-7-4-6-17(12-18)15-32(28,29)26-14-19-8-5-11-31-19/h2-13,16,26H,14-15H2,1H3,(H,24,25,27). The van der Waals surface area contributed by atoms with Crippen LogP contribution < -0.4 is 14.8 Å². The molecule has 0 aliphatic carbocycles. The Morgan fingerprint density at radius 1 is 1.00 bits per heavy atom. The number of aromatic nitrogens is 2. The molecule has 7 nitrogen and oxygen atoms in total.